The number of halogens is 1. The van der Waals surface area contributed by atoms with Crippen molar-refractivity contribution in [2.75, 3.05) is 18.2 Å². The highest BCUT2D eigenvalue weighted by atomic mass is 35.5. The van der Waals surface area contributed by atoms with Crippen molar-refractivity contribution in [2.24, 2.45) is 0 Å². The molecule has 0 spiro atoms. The molecule has 130 valence electrons. The number of nitrogens with one attached hydrogen (secondary N) is 1. The number of fused-ring (bicyclic) bond motifs is 1. The number of hydrogen-bond acceptors (Lipinski definition) is 6. The molecule has 1 N–H and O–H groups in total. The van der Waals surface area contributed by atoms with E-state index in [4.69, 9.17) is 16.3 Å². The van der Waals surface area contributed by atoms with Crippen LogP contribution >= 0.6 is 34.7 Å². The van der Waals surface area contributed by atoms with Crippen LogP contribution in [0.3, 0.4) is 0 Å². The number of hydrogen-bond donors (Lipinski definition) is 1. The zero-order valence-corrected chi connectivity index (χ0v) is 15.6. The van der Waals surface area contributed by atoms with E-state index >= 15 is 0 Å². The number of benzene rings is 1. The molecule has 0 aliphatic carbocycles. The standard InChI is InChI=1S/C16H14ClN3O3S2/c1-23-13-3-2-10(17)6-12(13)19-14(21)9-24-8-11-7-15(22)20-4-5-25-16(20)18-11/h2-7H,8-9H2,1H3,(H,19,21). The molecule has 0 saturated carbocycles. The highest BCUT2D eigenvalue weighted by Gasteiger charge is 2.09. The molecule has 0 aliphatic heterocycles. The number of thioether (sulfide) groups is 1. The summed E-state index contributed by atoms with van der Waals surface area (Å²) in [6.45, 7) is 0. The van der Waals surface area contributed by atoms with E-state index in [9.17, 15) is 9.59 Å². The average Bonchev–Trinajstić information content (AvgIpc) is 3.04. The molecule has 0 radical (unpaired) electrons. The van der Waals surface area contributed by atoms with Gasteiger partial charge in [0.05, 0.1) is 24.2 Å². The van der Waals surface area contributed by atoms with Gasteiger partial charge in [0.1, 0.15) is 5.75 Å². The van der Waals surface area contributed by atoms with Crippen molar-refractivity contribution in [3.8, 4) is 5.75 Å². The van der Waals surface area contributed by atoms with Crippen LogP contribution in [0.25, 0.3) is 4.96 Å². The number of ether oxygens (including phenoxy) is 1. The molecule has 1 amide bonds. The van der Waals surface area contributed by atoms with Crippen molar-refractivity contribution in [1.82, 2.24) is 9.38 Å². The highest BCUT2D eigenvalue weighted by molar-refractivity contribution is 7.99. The predicted octanol–water partition coefficient (Wildman–Crippen LogP) is 3.29. The summed E-state index contributed by atoms with van der Waals surface area (Å²) in [6.07, 6.45) is 1.69. The minimum Gasteiger partial charge on any atom is -0.495 e. The van der Waals surface area contributed by atoms with E-state index in [0.717, 1.165) is 0 Å². The molecule has 0 atom stereocenters. The zero-order valence-electron chi connectivity index (χ0n) is 13.2. The molecule has 0 aliphatic rings. The summed E-state index contributed by atoms with van der Waals surface area (Å²) >= 11 is 8.72. The SMILES string of the molecule is COc1ccc(Cl)cc1NC(=O)CSCc1cc(=O)n2ccsc2n1. The monoisotopic (exact) mass is 395 g/mol. The Morgan fingerprint density at radius 2 is 2.28 bits per heavy atom. The van der Waals surface area contributed by atoms with Crippen LogP contribution in [0, 0.1) is 0 Å². The first kappa shape index (κ1) is 17.8. The molecular weight excluding hydrogens is 382 g/mol. The minimum atomic E-state index is -0.181. The smallest absolute Gasteiger partial charge is 0.258 e. The molecule has 2 aromatic heterocycles. The van der Waals surface area contributed by atoms with E-state index in [1.54, 1.807) is 24.4 Å². The number of methoxy groups -OCH3 is 1. The van der Waals surface area contributed by atoms with Crippen LogP contribution in [0.15, 0.2) is 40.6 Å². The van der Waals surface area contributed by atoms with Crippen molar-refractivity contribution in [3.63, 3.8) is 0 Å². The Hall–Kier alpha value is -2.03. The summed E-state index contributed by atoms with van der Waals surface area (Å²) in [5, 5.41) is 5.10. The van der Waals surface area contributed by atoms with Gasteiger partial charge in [0.2, 0.25) is 5.91 Å². The molecule has 0 unspecified atom stereocenters. The fourth-order valence-electron chi connectivity index (χ4n) is 2.17. The minimum absolute atomic E-state index is 0.116. The molecule has 1 aromatic carbocycles. The van der Waals surface area contributed by atoms with Gasteiger partial charge in [-0.25, -0.2) is 4.98 Å². The first-order chi connectivity index (χ1) is 12.1. The summed E-state index contributed by atoms with van der Waals surface area (Å²) in [7, 11) is 1.53. The summed E-state index contributed by atoms with van der Waals surface area (Å²) in [5.74, 6) is 1.06. The third-order valence-electron chi connectivity index (χ3n) is 3.27. The van der Waals surface area contributed by atoms with E-state index in [2.05, 4.69) is 10.3 Å². The van der Waals surface area contributed by atoms with E-state index in [1.807, 2.05) is 5.38 Å². The molecule has 0 saturated heterocycles. The number of thiazole rings is 1. The van der Waals surface area contributed by atoms with Gasteiger partial charge in [0.25, 0.3) is 5.56 Å². The van der Waals surface area contributed by atoms with Crippen LogP contribution in [-0.2, 0) is 10.5 Å². The van der Waals surface area contributed by atoms with E-state index in [0.29, 0.717) is 32.9 Å². The zero-order chi connectivity index (χ0) is 17.8. The maximum absolute atomic E-state index is 12.1. The van der Waals surface area contributed by atoms with Gasteiger partial charge >= 0.3 is 0 Å². The summed E-state index contributed by atoms with van der Waals surface area (Å²) in [5.41, 5.74) is 1.07. The van der Waals surface area contributed by atoms with E-state index in [1.165, 1.54) is 40.7 Å². The van der Waals surface area contributed by atoms with Gasteiger partial charge in [-0.05, 0) is 18.2 Å². The van der Waals surface area contributed by atoms with Crippen molar-refractivity contribution in [3.05, 3.63) is 56.9 Å². The second-order valence-corrected chi connectivity index (χ2v) is 7.32. The topological polar surface area (TPSA) is 72.7 Å². The van der Waals surface area contributed by atoms with Gasteiger partial charge in [0.15, 0.2) is 4.96 Å². The van der Waals surface area contributed by atoms with E-state index in [-0.39, 0.29) is 17.2 Å². The Bertz CT molecular complexity index is 971. The molecule has 9 heteroatoms. The number of anilines is 1. The molecule has 6 nitrogen and oxygen atoms in total. The first-order valence-electron chi connectivity index (χ1n) is 7.24. The van der Waals surface area contributed by atoms with Crippen LogP contribution < -0.4 is 15.6 Å². The second-order valence-electron chi connectivity index (χ2n) is 5.03. The van der Waals surface area contributed by atoms with Crippen molar-refractivity contribution in [1.29, 1.82) is 0 Å². The van der Waals surface area contributed by atoms with Crippen LogP contribution in [0.5, 0.6) is 5.75 Å². The lowest BCUT2D eigenvalue weighted by atomic mass is 10.3. The van der Waals surface area contributed by atoms with Crippen molar-refractivity contribution >= 4 is 51.3 Å². The fraction of sp³-hybridized carbons (Fsp3) is 0.188. The molecule has 0 fully saturated rings. The third kappa shape index (κ3) is 4.33. The quantitative estimate of drug-likeness (QED) is 0.693. The Kier molecular flexibility index (Phi) is 5.62. The number of rotatable bonds is 6. The van der Waals surface area contributed by atoms with Crippen LogP contribution in [0.2, 0.25) is 5.02 Å². The lowest BCUT2D eigenvalue weighted by Crippen LogP contribution is -2.15. The summed E-state index contributed by atoms with van der Waals surface area (Å²) in [4.78, 5) is 29.1. The molecule has 3 rings (SSSR count). The number of carbonyl (C=O) groups excluding carboxylic acids is 1. The van der Waals surface area contributed by atoms with Gasteiger partial charge in [-0.3, -0.25) is 14.0 Å². The molecule has 25 heavy (non-hydrogen) atoms. The second kappa shape index (κ2) is 7.90. The van der Waals surface area contributed by atoms with Crippen LogP contribution in [0.1, 0.15) is 5.69 Å². The lowest BCUT2D eigenvalue weighted by molar-refractivity contribution is -0.113. The maximum Gasteiger partial charge on any atom is 0.258 e. The summed E-state index contributed by atoms with van der Waals surface area (Å²) in [6, 6.07) is 6.51. The number of amides is 1. The van der Waals surface area contributed by atoms with Crippen molar-refractivity contribution in [2.45, 2.75) is 5.75 Å². The Balaban J connectivity index is 1.59. The number of carbonyl (C=O) groups is 1. The molecule has 2 heterocycles. The number of aromatic nitrogens is 2. The largest absolute Gasteiger partial charge is 0.495 e. The Morgan fingerprint density at radius 1 is 1.44 bits per heavy atom. The Morgan fingerprint density at radius 3 is 3.08 bits per heavy atom. The highest BCUT2D eigenvalue weighted by Crippen LogP contribution is 2.27. The van der Waals surface area contributed by atoms with E-state index < -0.39 is 0 Å². The van der Waals surface area contributed by atoms with Gasteiger partial charge < -0.3 is 10.1 Å². The van der Waals surface area contributed by atoms with Crippen LogP contribution in [-0.4, -0.2) is 28.2 Å². The normalized spacial score (nSPS) is 10.8. The fourth-order valence-corrected chi connectivity index (χ4v) is 3.80. The molecule has 3 aromatic rings. The molecule has 0 bridgehead atoms. The van der Waals surface area contributed by atoms with Gasteiger partial charge in [-0.2, -0.15) is 0 Å². The van der Waals surface area contributed by atoms with Crippen molar-refractivity contribution < 1.29 is 9.53 Å². The lowest BCUT2D eigenvalue weighted by Gasteiger charge is -2.10. The predicted molar refractivity (Wildman–Crippen MR) is 102 cm³/mol. The first-order valence-corrected chi connectivity index (χ1v) is 9.65. The summed E-state index contributed by atoms with van der Waals surface area (Å²) < 4.78 is 6.69. The maximum atomic E-state index is 12.1. The van der Waals surface area contributed by atoms with Gasteiger partial charge in [0, 0.05) is 28.4 Å². The number of nitrogens with zero attached hydrogens (tertiary/aromatic N) is 2. The third-order valence-corrected chi connectivity index (χ3v) is 5.23. The molecular formula is C16H14ClN3O3S2. The van der Waals surface area contributed by atoms with Gasteiger partial charge in [-0.15, -0.1) is 23.1 Å². The Labute approximate surface area is 156 Å². The average molecular weight is 396 g/mol. The van der Waals surface area contributed by atoms with Gasteiger partial charge in [-0.1, -0.05) is 11.6 Å². The van der Waals surface area contributed by atoms with Crippen LogP contribution in [0.4, 0.5) is 5.69 Å².